The highest BCUT2D eigenvalue weighted by Crippen LogP contribution is 2.20. The van der Waals surface area contributed by atoms with Crippen LogP contribution in [0.15, 0.2) is 42.5 Å². The molecule has 108 valence electrons. The van der Waals surface area contributed by atoms with Crippen molar-refractivity contribution in [3.05, 3.63) is 58.6 Å². The molecule has 0 spiro atoms. The molecule has 0 saturated carbocycles. The molecule has 0 aliphatic rings. The largest absolute Gasteiger partial charge is 0.478 e. The van der Waals surface area contributed by atoms with Crippen LogP contribution in [0.5, 0.6) is 0 Å². The summed E-state index contributed by atoms with van der Waals surface area (Å²) < 4.78 is 0. The van der Waals surface area contributed by atoms with Gasteiger partial charge < -0.3 is 15.7 Å². The highest BCUT2D eigenvalue weighted by Gasteiger charge is 2.12. The minimum atomic E-state index is -1.04. The lowest BCUT2D eigenvalue weighted by Crippen LogP contribution is -2.20. The third-order valence-corrected chi connectivity index (χ3v) is 3.13. The first-order chi connectivity index (χ1) is 9.97. The van der Waals surface area contributed by atoms with Gasteiger partial charge in [0.15, 0.2) is 0 Å². The Morgan fingerprint density at radius 2 is 1.81 bits per heavy atom. The fraction of sp³-hybridized carbons (Fsp3) is 0.0667. The van der Waals surface area contributed by atoms with Crippen LogP contribution in [0.2, 0.25) is 5.02 Å². The van der Waals surface area contributed by atoms with Gasteiger partial charge in [-0.1, -0.05) is 23.7 Å². The number of aromatic carboxylic acids is 1. The van der Waals surface area contributed by atoms with E-state index < -0.39 is 12.0 Å². The van der Waals surface area contributed by atoms with Crippen LogP contribution in [0.3, 0.4) is 0 Å². The molecule has 0 aliphatic heterocycles. The SMILES string of the molecule is Cc1c(NC(=O)Nc2cccc(Cl)c2)cccc1C(=O)O. The Morgan fingerprint density at radius 3 is 2.48 bits per heavy atom. The van der Waals surface area contributed by atoms with Gasteiger partial charge >= 0.3 is 12.0 Å². The summed E-state index contributed by atoms with van der Waals surface area (Å²) in [6, 6.07) is 11.0. The van der Waals surface area contributed by atoms with Gasteiger partial charge in [-0.3, -0.25) is 0 Å². The molecule has 0 atom stereocenters. The van der Waals surface area contributed by atoms with Gasteiger partial charge in [-0.15, -0.1) is 0 Å². The zero-order chi connectivity index (χ0) is 15.4. The molecule has 0 aromatic heterocycles. The van der Waals surface area contributed by atoms with Gasteiger partial charge in [0.05, 0.1) is 5.56 Å². The van der Waals surface area contributed by atoms with Crippen molar-refractivity contribution < 1.29 is 14.7 Å². The van der Waals surface area contributed by atoms with Crippen LogP contribution in [0.25, 0.3) is 0 Å². The summed E-state index contributed by atoms with van der Waals surface area (Å²) in [6.07, 6.45) is 0. The summed E-state index contributed by atoms with van der Waals surface area (Å²) in [5.41, 5.74) is 1.63. The second-order valence-electron chi connectivity index (χ2n) is 4.37. The average Bonchev–Trinajstić information content (AvgIpc) is 2.40. The lowest BCUT2D eigenvalue weighted by atomic mass is 10.1. The molecule has 0 bridgehead atoms. The molecular formula is C15H13ClN2O3. The molecular weight excluding hydrogens is 292 g/mol. The number of carboxylic acids is 1. The van der Waals surface area contributed by atoms with Crippen molar-refractivity contribution in [3.63, 3.8) is 0 Å². The molecule has 0 saturated heterocycles. The van der Waals surface area contributed by atoms with Crippen LogP contribution in [-0.2, 0) is 0 Å². The number of carboxylic acid groups (broad SMARTS) is 1. The maximum Gasteiger partial charge on any atom is 0.336 e. The molecule has 2 amide bonds. The van der Waals surface area contributed by atoms with Crippen LogP contribution in [0.1, 0.15) is 15.9 Å². The number of anilines is 2. The number of halogens is 1. The van der Waals surface area contributed by atoms with Crippen LogP contribution >= 0.6 is 11.6 Å². The summed E-state index contributed by atoms with van der Waals surface area (Å²) in [5.74, 6) is -1.04. The van der Waals surface area contributed by atoms with Crippen molar-refractivity contribution in [2.75, 3.05) is 10.6 Å². The number of amides is 2. The minimum absolute atomic E-state index is 0.149. The number of hydrogen-bond donors (Lipinski definition) is 3. The van der Waals surface area contributed by atoms with Crippen molar-refractivity contribution in [1.29, 1.82) is 0 Å². The molecule has 0 aliphatic carbocycles. The number of hydrogen-bond acceptors (Lipinski definition) is 2. The summed E-state index contributed by atoms with van der Waals surface area (Å²) >= 11 is 5.83. The first-order valence-electron chi connectivity index (χ1n) is 6.14. The van der Waals surface area contributed by atoms with Crippen LogP contribution < -0.4 is 10.6 Å². The molecule has 0 unspecified atom stereocenters. The van der Waals surface area contributed by atoms with Crippen LogP contribution in [0.4, 0.5) is 16.2 Å². The summed E-state index contributed by atoms with van der Waals surface area (Å²) in [5, 5.41) is 14.8. The summed E-state index contributed by atoms with van der Waals surface area (Å²) in [4.78, 5) is 23.0. The Morgan fingerprint density at radius 1 is 1.10 bits per heavy atom. The second kappa shape index (κ2) is 6.28. The first-order valence-corrected chi connectivity index (χ1v) is 6.51. The second-order valence-corrected chi connectivity index (χ2v) is 4.81. The van der Waals surface area contributed by atoms with E-state index in [1.165, 1.54) is 6.07 Å². The Bertz CT molecular complexity index is 701. The Labute approximate surface area is 126 Å². The predicted octanol–water partition coefficient (Wildman–Crippen LogP) is 3.99. The monoisotopic (exact) mass is 304 g/mol. The molecule has 5 nitrogen and oxygen atoms in total. The lowest BCUT2D eigenvalue weighted by Gasteiger charge is -2.11. The van der Waals surface area contributed by atoms with Crippen LogP contribution in [0, 0.1) is 6.92 Å². The number of carbonyl (C=O) groups is 2. The lowest BCUT2D eigenvalue weighted by molar-refractivity contribution is 0.0696. The van der Waals surface area contributed by atoms with Crippen LogP contribution in [-0.4, -0.2) is 17.1 Å². The predicted molar refractivity (Wildman–Crippen MR) is 82.2 cm³/mol. The third kappa shape index (κ3) is 3.73. The standard InChI is InChI=1S/C15H13ClN2O3/c1-9-12(14(19)20)6-3-7-13(9)18-15(21)17-11-5-2-4-10(16)8-11/h2-8H,1H3,(H,19,20)(H2,17,18,21). The molecule has 3 N–H and O–H groups in total. The van der Waals surface area contributed by atoms with E-state index in [0.717, 1.165) is 0 Å². The van der Waals surface area contributed by atoms with Gasteiger partial charge in [-0.25, -0.2) is 9.59 Å². The third-order valence-electron chi connectivity index (χ3n) is 2.89. The van der Waals surface area contributed by atoms with Crippen molar-refractivity contribution in [1.82, 2.24) is 0 Å². The number of nitrogens with one attached hydrogen (secondary N) is 2. The first kappa shape index (κ1) is 14.9. The molecule has 21 heavy (non-hydrogen) atoms. The number of benzene rings is 2. The van der Waals surface area contributed by atoms with Gasteiger partial charge in [-0.05, 0) is 42.8 Å². The Balaban J connectivity index is 2.13. The quantitative estimate of drug-likeness (QED) is 0.802. The average molecular weight is 305 g/mol. The minimum Gasteiger partial charge on any atom is -0.478 e. The van der Waals surface area contributed by atoms with E-state index in [9.17, 15) is 9.59 Å². The zero-order valence-electron chi connectivity index (χ0n) is 11.2. The molecule has 2 aromatic rings. The number of rotatable bonds is 3. The van der Waals surface area contributed by atoms with Crippen molar-refractivity contribution in [2.24, 2.45) is 0 Å². The van der Waals surface area contributed by atoms with Gasteiger partial charge in [-0.2, -0.15) is 0 Å². The molecule has 6 heteroatoms. The molecule has 0 fully saturated rings. The molecule has 2 aromatic carbocycles. The van der Waals surface area contributed by atoms with Gasteiger partial charge in [0.2, 0.25) is 0 Å². The van der Waals surface area contributed by atoms with E-state index in [4.69, 9.17) is 16.7 Å². The summed E-state index contributed by atoms with van der Waals surface area (Å²) in [6.45, 7) is 1.64. The van der Waals surface area contributed by atoms with E-state index in [0.29, 0.717) is 22.0 Å². The molecule has 0 radical (unpaired) electrons. The van der Waals surface area contributed by atoms with E-state index in [1.807, 2.05) is 0 Å². The van der Waals surface area contributed by atoms with Gasteiger partial charge in [0.25, 0.3) is 0 Å². The fourth-order valence-corrected chi connectivity index (χ4v) is 2.04. The van der Waals surface area contributed by atoms with Crippen molar-refractivity contribution >= 4 is 35.0 Å². The smallest absolute Gasteiger partial charge is 0.336 e. The van der Waals surface area contributed by atoms with Crippen molar-refractivity contribution in [3.8, 4) is 0 Å². The normalized spacial score (nSPS) is 10.0. The van der Waals surface area contributed by atoms with Crippen molar-refractivity contribution in [2.45, 2.75) is 6.92 Å². The van der Waals surface area contributed by atoms with E-state index >= 15 is 0 Å². The highest BCUT2D eigenvalue weighted by molar-refractivity contribution is 6.30. The maximum atomic E-state index is 11.9. The summed E-state index contributed by atoms with van der Waals surface area (Å²) in [7, 11) is 0. The zero-order valence-corrected chi connectivity index (χ0v) is 11.9. The number of urea groups is 1. The topological polar surface area (TPSA) is 78.4 Å². The molecule has 0 heterocycles. The fourth-order valence-electron chi connectivity index (χ4n) is 1.85. The Kier molecular flexibility index (Phi) is 4.45. The van der Waals surface area contributed by atoms with E-state index in [1.54, 1.807) is 43.3 Å². The molecule has 2 rings (SSSR count). The van der Waals surface area contributed by atoms with Gasteiger partial charge in [0.1, 0.15) is 0 Å². The van der Waals surface area contributed by atoms with E-state index in [-0.39, 0.29) is 5.56 Å². The van der Waals surface area contributed by atoms with E-state index in [2.05, 4.69) is 10.6 Å². The maximum absolute atomic E-state index is 11.9. The van der Waals surface area contributed by atoms with Gasteiger partial charge in [0, 0.05) is 16.4 Å². The number of carbonyl (C=O) groups excluding carboxylic acids is 1. The highest BCUT2D eigenvalue weighted by atomic mass is 35.5. The Hall–Kier alpha value is -2.53.